The van der Waals surface area contributed by atoms with E-state index in [9.17, 15) is 4.79 Å². The molecule has 0 bridgehead atoms. The van der Waals surface area contributed by atoms with Crippen LogP contribution in [0.2, 0.25) is 0 Å². The molecular formula is C22H27NOS. The van der Waals surface area contributed by atoms with Gasteiger partial charge in [-0.25, -0.2) is 0 Å². The fourth-order valence-electron chi connectivity index (χ4n) is 6.74. The van der Waals surface area contributed by atoms with E-state index >= 15 is 0 Å². The van der Waals surface area contributed by atoms with Gasteiger partial charge in [-0.2, -0.15) is 5.26 Å². The molecule has 132 valence electrons. The predicted octanol–water partition coefficient (Wildman–Crippen LogP) is 5.77. The lowest BCUT2D eigenvalue weighted by atomic mass is 9.47. The number of fused-ring (bicyclic) bond motifs is 5. The van der Waals surface area contributed by atoms with Gasteiger partial charge in [0.1, 0.15) is 5.40 Å². The van der Waals surface area contributed by atoms with E-state index in [1.54, 1.807) is 0 Å². The van der Waals surface area contributed by atoms with Crippen LogP contribution in [-0.2, 0) is 4.79 Å². The molecule has 0 spiro atoms. The molecule has 0 radical (unpaired) electrons. The Balaban J connectivity index is 1.65. The van der Waals surface area contributed by atoms with E-state index in [0.29, 0.717) is 5.78 Å². The minimum absolute atomic E-state index is 0.261. The average Bonchev–Trinajstić information content (AvgIpc) is 2.92. The molecule has 0 aromatic heterocycles. The van der Waals surface area contributed by atoms with Gasteiger partial charge in [0.2, 0.25) is 0 Å². The fraction of sp³-hybridized carbons (Fsp3) is 0.682. The van der Waals surface area contributed by atoms with Crippen LogP contribution in [0.1, 0.15) is 65.2 Å². The summed E-state index contributed by atoms with van der Waals surface area (Å²) in [5.74, 6) is 2.63. The standard InChI is InChI=1S/C22H27NOS/c1-21-11-8-20-18(19(21)6-4-15(21)9-12-25-14-23)5-3-16-13-17(24)7-10-22(16,20)2/h12-13,18-20H,3-8,10-11H2,1-2H3/t9?,18-,19-,20-,21+,22-/m0/s1. The smallest absolute Gasteiger partial charge is 0.155 e. The highest BCUT2D eigenvalue weighted by molar-refractivity contribution is 8.06. The first kappa shape index (κ1) is 17.2. The van der Waals surface area contributed by atoms with Gasteiger partial charge in [0.15, 0.2) is 5.78 Å². The number of nitrogens with zero attached hydrogens (tertiary/aromatic N) is 1. The van der Waals surface area contributed by atoms with Crippen LogP contribution in [0.4, 0.5) is 0 Å². The van der Waals surface area contributed by atoms with Gasteiger partial charge >= 0.3 is 0 Å². The van der Waals surface area contributed by atoms with E-state index in [4.69, 9.17) is 5.26 Å². The number of carbonyl (C=O) groups excluding carboxylic acids is 1. The van der Waals surface area contributed by atoms with Crippen molar-refractivity contribution in [2.75, 3.05) is 0 Å². The molecule has 0 amide bonds. The third-order valence-electron chi connectivity index (χ3n) is 8.09. The zero-order valence-electron chi connectivity index (χ0n) is 15.3. The normalized spacial score (nSPS) is 42.4. The van der Waals surface area contributed by atoms with E-state index in [1.165, 1.54) is 48.6 Å². The van der Waals surface area contributed by atoms with Gasteiger partial charge in [0.05, 0.1) is 0 Å². The Hall–Kier alpha value is -1.23. The zero-order valence-corrected chi connectivity index (χ0v) is 16.1. The van der Waals surface area contributed by atoms with Gasteiger partial charge < -0.3 is 0 Å². The van der Waals surface area contributed by atoms with Crippen molar-refractivity contribution in [1.29, 1.82) is 5.26 Å². The van der Waals surface area contributed by atoms with Crippen LogP contribution in [0.5, 0.6) is 0 Å². The number of ketones is 1. The largest absolute Gasteiger partial charge is 0.295 e. The lowest BCUT2D eigenvalue weighted by Gasteiger charge is -2.57. The van der Waals surface area contributed by atoms with Crippen molar-refractivity contribution in [2.24, 2.45) is 28.6 Å². The summed E-state index contributed by atoms with van der Waals surface area (Å²) in [5, 5.41) is 12.7. The van der Waals surface area contributed by atoms with Crippen molar-refractivity contribution in [3.05, 3.63) is 28.4 Å². The Morgan fingerprint density at radius 1 is 1.12 bits per heavy atom. The molecule has 0 N–H and O–H groups in total. The number of allylic oxidation sites excluding steroid dienone is 2. The summed E-state index contributed by atoms with van der Waals surface area (Å²) >= 11 is 1.18. The second kappa shape index (κ2) is 6.19. The summed E-state index contributed by atoms with van der Waals surface area (Å²) in [6.07, 6.45) is 11.1. The average molecular weight is 354 g/mol. The molecule has 3 heteroatoms. The van der Waals surface area contributed by atoms with Crippen LogP contribution in [0.15, 0.2) is 28.4 Å². The first-order valence-electron chi connectivity index (χ1n) is 9.72. The molecule has 0 unspecified atom stereocenters. The number of rotatable bonds is 1. The van der Waals surface area contributed by atoms with Crippen LogP contribution < -0.4 is 0 Å². The van der Waals surface area contributed by atoms with Gasteiger partial charge in [-0.1, -0.05) is 19.4 Å². The summed E-state index contributed by atoms with van der Waals surface area (Å²) in [6.45, 7) is 4.89. The summed E-state index contributed by atoms with van der Waals surface area (Å²) < 4.78 is 0. The van der Waals surface area contributed by atoms with Crippen LogP contribution in [0.3, 0.4) is 0 Å². The van der Waals surface area contributed by atoms with Crippen molar-refractivity contribution in [2.45, 2.75) is 65.2 Å². The lowest BCUT2D eigenvalue weighted by molar-refractivity contribution is -0.117. The van der Waals surface area contributed by atoms with Gasteiger partial charge in [-0.3, -0.25) is 4.79 Å². The van der Waals surface area contributed by atoms with E-state index in [0.717, 1.165) is 43.4 Å². The molecule has 0 aromatic rings. The molecule has 0 heterocycles. The predicted molar refractivity (Wildman–Crippen MR) is 102 cm³/mol. The van der Waals surface area contributed by atoms with Crippen molar-refractivity contribution < 1.29 is 4.79 Å². The molecule has 0 saturated heterocycles. The third kappa shape index (κ3) is 2.57. The second-order valence-corrected chi connectivity index (χ2v) is 9.57. The third-order valence-corrected chi connectivity index (χ3v) is 8.43. The Morgan fingerprint density at radius 2 is 1.92 bits per heavy atom. The highest BCUT2D eigenvalue weighted by atomic mass is 32.2. The van der Waals surface area contributed by atoms with Gasteiger partial charge in [0.25, 0.3) is 0 Å². The quantitative estimate of drug-likeness (QED) is 0.444. The Labute approximate surface area is 155 Å². The minimum Gasteiger partial charge on any atom is -0.295 e. The van der Waals surface area contributed by atoms with E-state index in [2.05, 4.69) is 25.0 Å². The monoisotopic (exact) mass is 353 g/mol. The van der Waals surface area contributed by atoms with Crippen LogP contribution in [-0.4, -0.2) is 5.78 Å². The number of thioether (sulfide) groups is 1. The maximum absolute atomic E-state index is 11.9. The second-order valence-electron chi connectivity index (χ2n) is 8.91. The van der Waals surface area contributed by atoms with Crippen molar-refractivity contribution >= 4 is 17.5 Å². The molecule has 4 aliphatic carbocycles. The number of nitriles is 1. The number of hydrogen-bond donors (Lipinski definition) is 0. The van der Waals surface area contributed by atoms with Crippen LogP contribution in [0, 0.1) is 39.2 Å². The first-order chi connectivity index (χ1) is 12.0. The molecule has 0 aromatic carbocycles. The summed E-state index contributed by atoms with van der Waals surface area (Å²) in [5.41, 5.74) is 6.90. The maximum Gasteiger partial charge on any atom is 0.155 e. The highest BCUT2D eigenvalue weighted by Crippen LogP contribution is 2.66. The number of carbonyl (C=O) groups is 1. The Kier molecular flexibility index (Phi) is 4.25. The van der Waals surface area contributed by atoms with Gasteiger partial charge in [-0.05, 0) is 96.9 Å². The van der Waals surface area contributed by atoms with Gasteiger partial charge in [-0.15, -0.1) is 5.73 Å². The molecule has 3 saturated carbocycles. The summed E-state index contributed by atoms with van der Waals surface area (Å²) in [6, 6.07) is 0. The van der Waals surface area contributed by atoms with E-state index < -0.39 is 0 Å². The maximum atomic E-state index is 11.9. The van der Waals surface area contributed by atoms with Crippen LogP contribution in [0.25, 0.3) is 0 Å². The van der Waals surface area contributed by atoms with Crippen molar-refractivity contribution in [3.63, 3.8) is 0 Å². The van der Waals surface area contributed by atoms with Crippen molar-refractivity contribution in [3.8, 4) is 5.40 Å². The number of thiocyanates is 1. The minimum atomic E-state index is 0.261. The summed E-state index contributed by atoms with van der Waals surface area (Å²) in [4.78, 5) is 11.9. The van der Waals surface area contributed by atoms with Crippen LogP contribution >= 0.6 is 11.8 Å². The van der Waals surface area contributed by atoms with Crippen molar-refractivity contribution in [1.82, 2.24) is 0 Å². The van der Waals surface area contributed by atoms with Gasteiger partial charge in [0, 0.05) is 11.8 Å². The number of hydrogen-bond acceptors (Lipinski definition) is 3. The molecule has 0 aliphatic heterocycles. The summed E-state index contributed by atoms with van der Waals surface area (Å²) in [7, 11) is 0. The van der Waals surface area contributed by atoms with E-state index in [-0.39, 0.29) is 10.8 Å². The first-order valence-corrected chi connectivity index (χ1v) is 10.6. The van der Waals surface area contributed by atoms with E-state index in [1.807, 2.05) is 11.5 Å². The molecule has 3 fully saturated rings. The molecular weight excluding hydrogens is 326 g/mol. The Bertz CT molecular complexity index is 738. The topological polar surface area (TPSA) is 40.9 Å². The molecule has 5 atom stereocenters. The molecule has 4 rings (SSSR count). The SMILES string of the molecule is C[C@]12CCC(=O)C=C1CC[C@@H]1[C@@H]2CC[C@]2(C)C(=C=CSC#N)CC[C@@H]12. The molecule has 25 heavy (non-hydrogen) atoms. The highest BCUT2D eigenvalue weighted by Gasteiger charge is 2.57. The lowest BCUT2D eigenvalue weighted by Crippen LogP contribution is -2.49. The zero-order chi connectivity index (χ0) is 17.7. The fourth-order valence-corrected chi connectivity index (χ4v) is 6.99. The molecule has 4 aliphatic rings. The Morgan fingerprint density at radius 3 is 2.72 bits per heavy atom. The molecule has 2 nitrogen and oxygen atoms in total.